The molecule has 0 unspecified atom stereocenters. The molecule has 1 N–H and O–H groups in total. The summed E-state index contributed by atoms with van der Waals surface area (Å²) in [5, 5.41) is 12.0. The molecule has 0 amide bonds. The van der Waals surface area contributed by atoms with E-state index in [0.29, 0.717) is 42.4 Å². The number of ether oxygens (including phenoxy) is 2. The zero-order valence-electron chi connectivity index (χ0n) is 22.4. The summed E-state index contributed by atoms with van der Waals surface area (Å²) >= 11 is 0. The van der Waals surface area contributed by atoms with Crippen LogP contribution in [0.1, 0.15) is 93.4 Å². The van der Waals surface area contributed by atoms with Crippen LogP contribution in [-0.4, -0.2) is 34.5 Å². The Morgan fingerprint density at radius 3 is 2.56 bits per heavy atom. The molecule has 1 heterocycles. The molecule has 0 bridgehead atoms. The molecule has 1 saturated heterocycles. The van der Waals surface area contributed by atoms with Crippen LogP contribution in [0.2, 0.25) is 0 Å². The van der Waals surface area contributed by atoms with Crippen LogP contribution in [0.3, 0.4) is 0 Å². The van der Waals surface area contributed by atoms with Gasteiger partial charge in [0.1, 0.15) is 11.7 Å². The first-order valence-electron chi connectivity index (χ1n) is 13.8. The summed E-state index contributed by atoms with van der Waals surface area (Å²) in [7, 11) is 0. The highest BCUT2D eigenvalue weighted by atomic mass is 16.6. The van der Waals surface area contributed by atoms with Crippen molar-refractivity contribution in [3.63, 3.8) is 0 Å². The first kappa shape index (κ1) is 24.6. The van der Waals surface area contributed by atoms with E-state index in [1.54, 1.807) is 0 Å². The molecule has 10 atom stereocenters. The van der Waals surface area contributed by atoms with Gasteiger partial charge in [-0.05, 0) is 79.1 Å². The molecule has 0 radical (unpaired) electrons. The molecule has 4 nitrogen and oxygen atoms in total. The summed E-state index contributed by atoms with van der Waals surface area (Å²) in [6, 6.07) is 0. The third-order valence-electron chi connectivity index (χ3n) is 11.3. The smallest absolute Gasteiger partial charge is 0.302 e. The molecule has 0 aromatic rings. The summed E-state index contributed by atoms with van der Waals surface area (Å²) in [5.74, 6) is 2.82. The van der Waals surface area contributed by atoms with E-state index >= 15 is 0 Å². The van der Waals surface area contributed by atoms with Crippen LogP contribution in [-0.2, 0) is 14.3 Å². The molecule has 0 aromatic carbocycles. The molecule has 1 aliphatic heterocycles. The van der Waals surface area contributed by atoms with Gasteiger partial charge < -0.3 is 14.6 Å². The summed E-state index contributed by atoms with van der Waals surface area (Å²) < 4.78 is 12.3. The van der Waals surface area contributed by atoms with E-state index in [0.717, 1.165) is 19.3 Å². The number of rotatable bonds is 5. The number of epoxide rings is 1. The lowest BCUT2D eigenvalue weighted by Crippen LogP contribution is -2.64. The van der Waals surface area contributed by atoms with E-state index in [-0.39, 0.29) is 34.6 Å². The van der Waals surface area contributed by atoms with Gasteiger partial charge in [-0.15, -0.1) is 0 Å². The Kier molecular flexibility index (Phi) is 5.73. The number of fused-ring (bicyclic) bond motifs is 3. The van der Waals surface area contributed by atoms with Crippen molar-refractivity contribution in [1.29, 1.82) is 0 Å². The van der Waals surface area contributed by atoms with Crippen LogP contribution < -0.4 is 0 Å². The SMILES string of the molecule is CC(=O)O[C@@H]1CC[C@@]2(C)[C@@](O)(CC=C3[C@H]4CC[C@@H]([C@H](C)/C=C/[C@H](C)C(C)C)[C@]4(C)C[C@H]4O[C@]342)C1. The minimum Gasteiger partial charge on any atom is -0.462 e. The Morgan fingerprint density at radius 1 is 1.15 bits per heavy atom. The van der Waals surface area contributed by atoms with Gasteiger partial charge in [0.05, 0.1) is 11.7 Å². The minimum atomic E-state index is -0.877. The quantitative estimate of drug-likeness (QED) is 0.294. The van der Waals surface area contributed by atoms with Gasteiger partial charge >= 0.3 is 5.97 Å². The molecule has 4 aliphatic carbocycles. The van der Waals surface area contributed by atoms with Crippen molar-refractivity contribution >= 4 is 5.97 Å². The number of aliphatic hydroxyl groups is 1. The second kappa shape index (κ2) is 7.93. The molecular weight excluding hydrogens is 424 g/mol. The standard InChI is InChI=1S/C30H46O4/c1-18(2)19(3)8-9-20(4)23-10-11-24-25-13-15-29(32)16-22(33-21(5)31)12-14-28(29,7)30(25)26(34-30)17-27(23,24)6/h8-9,13,18-20,22-24,26,32H,10-12,14-17H2,1-7H3/b9-8+/t19-,20+,22+,23-,24+,26+,27-,28-,29+,30+/m0/s1. The average Bonchev–Trinajstić information content (AvgIpc) is 3.36. The van der Waals surface area contributed by atoms with E-state index in [1.807, 2.05) is 0 Å². The molecule has 5 rings (SSSR count). The molecule has 4 heteroatoms. The number of esters is 1. The first-order chi connectivity index (χ1) is 15.9. The first-order valence-corrected chi connectivity index (χ1v) is 13.8. The van der Waals surface area contributed by atoms with Gasteiger partial charge in [0.15, 0.2) is 0 Å². The van der Waals surface area contributed by atoms with Gasteiger partial charge in [-0.1, -0.05) is 59.8 Å². The van der Waals surface area contributed by atoms with Crippen molar-refractivity contribution in [3.05, 3.63) is 23.8 Å². The molecular formula is C30H46O4. The fraction of sp³-hybridized carbons (Fsp3) is 0.833. The van der Waals surface area contributed by atoms with Crippen LogP contribution >= 0.6 is 0 Å². The fourth-order valence-corrected chi connectivity index (χ4v) is 8.87. The van der Waals surface area contributed by atoms with E-state index < -0.39 is 5.60 Å². The topological polar surface area (TPSA) is 59.1 Å². The van der Waals surface area contributed by atoms with Crippen LogP contribution in [0.5, 0.6) is 0 Å². The van der Waals surface area contributed by atoms with Crippen molar-refractivity contribution in [1.82, 2.24) is 0 Å². The summed E-state index contributed by atoms with van der Waals surface area (Å²) in [4.78, 5) is 11.6. The fourth-order valence-electron chi connectivity index (χ4n) is 8.87. The Morgan fingerprint density at radius 2 is 1.88 bits per heavy atom. The second-order valence-corrected chi connectivity index (χ2v) is 13.3. The maximum atomic E-state index is 12.0. The van der Waals surface area contributed by atoms with Crippen molar-refractivity contribution in [3.8, 4) is 0 Å². The Labute approximate surface area is 206 Å². The molecule has 3 saturated carbocycles. The number of carbonyl (C=O) groups excluding carboxylic acids is 1. The molecule has 5 aliphatic rings. The van der Waals surface area contributed by atoms with E-state index in [1.165, 1.54) is 25.3 Å². The second-order valence-electron chi connectivity index (χ2n) is 13.3. The Balaban J connectivity index is 1.41. The highest BCUT2D eigenvalue weighted by molar-refractivity contribution is 5.66. The zero-order valence-corrected chi connectivity index (χ0v) is 22.4. The van der Waals surface area contributed by atoms with Crippen molar-refractivity contribution in [2.45, 2.75) is 117 Å². The lowest BCUT2D eigenvalue weighted by atomic mass is 9.46. The van der Waals surface area contributed by atoms with Crippen LogP contribution in [0.25, 0.3) is 0 Å². The van der Waals surface area contributed by atoms with E-state index in [4.69, 9.17) is 9.47 Å². The van der Waals surface area contributed by atoms with Gasteiger partial charge in [-0.3, -0.25) is 4.79 Å². The number of carbonyl (C=O) groups is 1. The Hall–Kier alpha value is -1.13. The van der Waals surface area contributed by atoms with Gasteiger partial charge in [0.25, 0.3) is 0 Å². The largest absolute Gasteiger partial charge is 0.462 e. The minimum absolute atomic E-state index is 0.190. The summed E-state index contributed by atoms with van der Waals surface area (Å²) in [6.07, 6.45) is 13.7. The summed E-state index contributed by atoms with van der Waals surface area (Å²) in [6.45, 7) is 15.6. The molecule has 190 valence electrons. The molecule has 1 spiro atoms. The predicted molar refractivity (Wildman–Crippen MR) is 134 cm³/mol. The van der Waals surface area contributed by atoms with Gasteiger partial charge in [0.2, 0.25) is 0 Å². The third kappa shape index (κ3) is 3.26. The lowest BCUT2D eigenvalue weighted by Gasteiger charge is -2.59. The molecule has 4 fully saturated rings. The van der Waals surface area contributed by atoms with E-state index in [9.17, 15) is 9.90 Å². The monoisotopic (exact) mass is 470 g/mol. The van der Waals surface area contributed by atoms with Crippen molar-refractivity contribution < 1.29 is 19.4 Å². The number of hydrogen-bond donors (Lipinski definition) is 1. The van der Waals surface area contributed by atoms with Crippen LogP contribution in [0.15, 0.2) is 23.8 Å². The van der Waals surface area contributed by atoms with Gasteiger partial charge in [0, 0.05) is 18.8 Å². The van der Waals surface area contributed by atoms with Crippen LogP contribution in [0.4, 0.5) is 0 Å². The highest BCUT2D eigenvalue weighted by Crippen LogP contribution is 2.76. The van der Waals surface area contributed by atoms with Gasteiger partial charge in [-0.25, -0.2) is 0 Å². The predicted octanol–water partition coefficient (Wildman–Crippen LogP) is 6.23. The maximum absolute atomic E-state index is 12.0. The maximum Gasteiger partial charge on any atom is 0.302 e. The highest BCUT2D eigenvalue weighted by Gasteiger charge is 2.80. The van der Waals surface area contributed by atoms with E-state index in [2.05, 4.69) is 59.8 Å². The number of hydrogen-bond acceptors (Lipinski definition) is 4. The average molecular weight is 471 g/mol. The number of allylic oxidation sites excluding steroid dienone is 2. The third-order valence-corrected chi connectivity index (χ3v) is 11.3. The normalized spacial score (nSPS) is 48.9. The molecule has 34 heavy (non-hydrogen) atoms. The Bertz CT molecular complexity index is 905. The summed E-state index contributed by atoms with van der Waals surface area (Å²) in [5.41, 5.74) is 0.244. The van der Waals surface area contributed by atoms with Crippen LogP contribution in [0, 0.1) is 40.4 Å². The lowest BCUT2D eigenvalue weighted by molar-refractivity contribution is -0.183. The zero-order chi connectivity index (χ0) is 24.7. The van der Waals surface area contributed by atoms with Gasteiger partial charge in [-0.2, -0.15) is 0 Å². The molecule has 0 aromatic heterocycles. The van der Waals surface area contributed by atoms with Crippen molar-refractivity contribution in [2.24, 2.45) is 40.4 Å². The van der Waals surface area contributed by atoms with Crippen molar-refractivity contribution in [2.75, 3.05) is 0 Å².